The topological polar surface area (TPSA) is 67.3 Å². The van der Waals surface area contributed by atoms with Crippen molar-refractivity contribution in [3.63, 3.8) is 0 Å². The van der Waals surface area contributed by atoms with Crippen molar-refractivity contribution in [3.05, 3.63) is 46.9 Å². The molecule has 0 aliphatic carbocycles. The lowest BCUT2D eigenvalue weighted by Crippen LogP contribution is -2.46. The largest absolute Gasteiger partial charge is 0.472 e. The molecular formula is C18H21ClN4O2. The highest BCUT2D eigenvalue weighted by molar-refractivity contribution is 6.33. The van der Waals surface area contributed by atoms with Crippen molar-refractivity contribution in [3.8, 4) is 5.88 Å². The SMILES string of the molecule is Cc1cc(OC2CCCN(C(=O)Nc3ccccc3Cl)C2)nc(C)n1. The molecule has 2 heterocycles. The van der Waals surface area contributed by atoms with Gasteiger partial charge in [0.2, 0.25) is 5.88 Å². The van der Waals surface area contributed by atoms with E-state index in [1.54, 1.807) is 17.0 Å². The van der Waals surface area contributed by atoms with Crippen LogP contribution in [0.4, 0.5) is 10.5 Å². The Morgan fingerprint density at radius 1 is 1.32 bits per heavy atom. The van der Waals surface area contributed by atoms with E-state index < -0.39 is 0 Å². The van der Waals surface area contributed by atoms with Crippen LogP contribution >= 0.6 is 11.6 Å². The molecule has 2 aromatic rings. The van der Waals surface area contributed by atoms with E-state index in [1.807, 2.05) is 32.0 Å². The van der Waals surface area contributed by atoms with E-state index in [2.05, 4.69) is 15.3 Å². The number of hydrogen-bond donors (Lipinski definition) is 1. The number of aryl methyl sites for hydroxylation is 2. The zero-order valence-electron chi connectivity index (χ0n) is 14.3. The standard InChI is InChI=1S/C18H21ClN4O2/c1-12-10-17(21-13(2)20-12)25-14-6-5-9-23(11-14)18(24)22-16-8-4-3-7-15(16)19/h3-4,7-8,10,14H,5-6,9,11H2,1-2H3,(H,22,24). The van der Waals surface area contributed by atoms with Gasteiger partial charge in [-0.2, -0.15) is 4.98 Å². The highest BCUT2D eigenvalue weighted by Gasteiger charge is 2.25. The van der Waals surface area contributed by atoms with Gasteiger partial charge in [-0.25, -0.2) is 9.78 Å². The molecule has 1 aliphatic rings. The summed E-state index contributed by atoms with van der Waals surface area (Å²) < 4.78 is 5.97. The van der Waals surface area contributed by atoms with Crippen molar-refractivity contribution in [2.75, 3.05) is 18.4 Å². The minimum Gasteiger partial charge on any atom is -0.472 e. The zero-order chi connectivity index (χ0) is 17.8. The Labute approximate surface area is 152 Å². The van der Waals surface area contributed by atoms with Crippen molar-refractivity contribution in [1.29, 1.82) is 0 Å². The number of benzene rings is 1. The number of anilines is 1. The molecule has 25 heavy (non-hydrogen) atoms. The lowest BCUT2D eigenvalue weighted by atomic mass is 10.1. The molecule has 0 spiro atoms. The zero-order valence-corrected chi connectivity index (χ0v) is 15.1. The van der Waals surface area contributed by atoms with Crippen LogP contribution in [-0.4, -0.2) is 40.1 Å². The molecule has 1 aliphatic heterocycles. The number of rotatable bonds is 3. The van der Waals surface area contributed by atoms with Gasteiger partial charge in [-0.3, -0.25) is 0 Å². The fraction of sp³-hybridized carbons (Fsp3) is 0.389. The Kier molecular flexibility index (Phi) is 5.38. The number of aromatic nitrogens is 2. The molecule has 0 saturated carbocycles. The summed E-state index contributed by atoms with van der Waals surface area (Å²) in [5.74, 6) is 1.24. The summed E-state index contributed by atoms with van der Waals surface area (Å²) in [7, 11) is 0. The van der Waals surface area contributed by atoms with Gasteiger partial charge in [-0.15, -0.1) is 0 Å². The van der Waals surface area contributed by atoms with Gasteiger partial charge in [0.05, 0.1) is 17.3 Å². The number of halogens is 1. The first kappa shape index (κ1) is 17.5. The van der Waals surface area contributed by atoms with Crippen molar-refractivity contribution in [2.24, 2.45) is 0 Å². The van der Waals surface area contributed by atoms with Crippen LogP contribution in [0.1, 0.15) is 24.4 Å². The number of hydrogen-bond acceptors (Lipinski definition) is 4. The van der Waals surface area contributed by atoms with E-state index in [1.165, 1.54) is 0 Å². The van der Waals surface area contributed by atoms with Gasteiger partial charge >= 0.3 is 6.03 Å². The number of urea groups is 1. The molecular weight excluding hydrogens is 340 g/mol. The predicted octanol–water partition coefficient (Wildman–Crippen LogP) is 3.82. The molecule has 1 unspecified atom stereocenters. The number of nitrogens with one attached hydrogen (secondary N) is 1. The summed E-state index contributed by atoms with van der Waals surface area (Å²) in [5, 5.41) is 3.38. The number of piperidine rings is 1. The van der Waals surface area contributed by atoms with Gasteiger partial charge in [0.1, 0.15) is 11.9 Å². The number of nitrogens with zero attached hydrogens (tertiary/aromatic N) is 3. The second kappa shape index (κ2) is 7.70. The highest BCUT2D eigenvalue weighted by atomic mass is 35.5. The number of carbonyl (C=O) groups excluding carboxylic acids is 1. The average Bonchev–Trinajstić information content (AvgIpc) is 2.56. The van der Waals surface area contributed by atoms with Crippen molar-refractivity contribution < 1.29 is 9.53 Å². The van der Waals surface area contributed by atoms with E-state index >= 15 is 0 Å². The van der Waals surface area contributed by atoms with E-state index in [0.717, 1.165) is 18.5 Å². The molecule has 0 bridgehead atoms. The Morgan fingerprint density at radius 3 is 2.88 bits per heavy atom. The molecule has 1 fully saturated rings. The summed E-state index contributed by atoms with van der Waals surface area (Å²) >= 11 is 6.10. The van der Waals surface area contributed by atoms with Gasteiger partial charge in [-0.05, 0) is 38.8 Å². The summed E-state index contributed by atoms with van der Waals surface area (Å²) in [6.45, 7) is 4.95. The number of ether oxygens (including phenoxy) is 1. The van der Waals surface area contributed by atoms with Crippen LogP contribution in [-0.2, 0) is 0 Å². The lowest BCUT2D eigenvalue weighted by molar-refractivity contribution is 0.102. The first-order valence-corrected chi connectivity index (χ1v) is 8.68. The van der Waals surface area contributed by atoms with Gasteiger partial charge in [0.25, 0.3) is 0 Å². The summed E-state index contributed by atoms with van der Waals surface area (Å²) in [6, 6.07) is 8.84. The van der Waals surface area contributed by atoms with E-state index in [9.17, 15) is 4.79 Å². The van der Waals surface area contributed by atoms with Crippen LogP contribution in [0.3, 0.4) is 0 Å². The minimum absolute atomic E-state index is 0.0838. The number of likely N-dealkylation sites (tertiary alicyclic amines) is 1. The molecule has 6 nitrogen and oxygen atoms in total. The maximum absolute atomic E-state index is 12.5. The molecule has 0 radical (unpaired) electrons. The number of para-hydroxylation sites is 1. The van der Waals surface area contributed by atoms with Crippen molar-refractivity contribution in [1.82, 2.24) is 14.9 Å². The third-order valence-electron chi connectivity index (χ3n) is 4.01. The molecule has 1 N–H and O–H groups in total. The number of amides is 2. The van der Waals surface area contributed by atoms with Crippen LogP contribution < -0.4 is 10.1 Å². The predicted molar refractivity (Wildman–Crippen MR) is 97.2 cm³/mol. The Balaban J connectivity index is 1.62. The fourth-order valence-corrected chi connectivity index (χ4v) is 3.07. The highest BCUT2D eigenvalue weighted by Crippen LogP contribution is 2.22. The summed E-state index contributed by atoms with van der Waals surface area (Å²) in [4.78, 5) is 22.8. The van der Waals surface area contributed by atoms with E-state index in [-0.39, 0.29) is 12.1 Å². The summed E-state index contributed by atoms with van der Waals surface area (Å²) in [6.07, 6.45) is 1.68. The maximum Gasteiger partial charge on any atom is 0.322 e. The fourth-order valence-electron chi connectivity index (χ4n) is 2.89. The lowest BCUT2D eigenvalue weighted by Gasteiger charge is -2.32. The molecule has 1 aromatic carbocycles. The van der Waals surface area contributed by atoms with Crippen molar-refractivity contribution in [2.45, 2.75) is 32.8 Å². The van der Waals surface area contributed by atoms with Crippen LogP contribution in [0.25, 0.3) is 0 Å². The molecule has 1 saturated heterocycles. The monoisotopic (exact) mass is 360 g/mol. The Morgan fingerprint density at radius 2 is 2.12 bits per heavy atom. The van der Waals surface area contributed by atoms with Crippen LogP contribution in [0, 0.1) is 13.8 Å². The molecule has 7 heteroatoms. The third kappa shape index (κ3) is 4.60. The molecule has 1 atom stereocenters. The van der Waals surface area contributed by atoms with Gasteiger partial charge in [0, 0.05) is 18.3 Å². The van der Waals surface area contributed by atoms with E-state index in [0.29, 0.717) is 35.5 Å². The second-order valence-electron chi connectivity index (χ2n) is 6.13. The first-order valence-electron chi connectivity index (χ1n) is 8.30. The Hall–Kier alpha value is -2.34. The van der Waals surface area contributed by atoms with Gasteiger partial charge in [0.15, 0.2) is 0 Å². The Bertz CT molecular complexity index is 748. The van der Waals surface area contributed by atoms with Gasteiger partial charge in [-0.1, -0.05) is 23.7 Å². The van der Waals surface area contributed by atoms with Gasteiger partial charge < -0.3 is 15.0 Å². The molecule has 3 rings (SSSR count). The van der Waals surface area contributed by atoms with Crippen molar-refractivity contribution >= 4 is 23.3 Å². The number of carbonyl (C=O) groups is 1. The quantitative estimate of drug-likeness (QED) is 0.903. The average molecular weight is 361 g/mol. The van der Waals surface area contributed by atoms with Crippen LogP contribution in [0.2, 0.25) is 5.02 Å². The second-order valence-corrected chi connectivity index (χ2v) is 6.54. The normalized spacial score (nSPS) is 17.2. The van der Waals surface area contributed by atoms with Crippen LogP contribution in [0.15, 0.2) is 30.3 Å². The third-order valence-corrected chi connectivity index (χ3v) is 4.34. The summed E-state index contributed by atoms with van der Waals surface area (Å²) in [5.41, 5.74) is 1.48. The maximum atomic E-state index is 12.5. The molecule has 1 aromatic heterocycles. The minimum atomic E-state index is -0.170. The first-order chi connectivity index (χ1) is 12.0. The molecule has 2 amide bonds. The smallest absolute Gasteiger partial charge is 0.322 e. The van der Waals surface area contributed by atoms with E-state index in [4.69, 9.17) is 16.3 Å². The van der Waals surface area contributed by atoms with Crippen LogP contribution in [0.5, 0.6) is 5.88 Å². The molecule has 132 valence electrons.